The van der Waals surface area contributed by atoms with Crippen LogP contribution in [-0.4, -0.2) is 40.9 Å². The number of rotatable bonds is 4. The second kappa shape index (κ2) is 7.79. The zero-order valence-electron chi connectivity index (χ0n) is 16.6. The number of benzene rings is 1. The Morgan fingerprint density at radius 3 is 2.03 bits per heavy atom. The van der Waals surface area contributed by atoms with E-state index in [4.69, 9.17) is 0 Å². The molecule has 0 bridgehead atoms. The summed E-state index contributed by atoms with van der Waals surface area (Å²) in [5.41, 5.74) is 2.67. The molecule has 1 amide bonds. The number of ketones is 1. The van der Waals surface area contributed by atoms with Crippen molar-refractivity contribution in [2.24, 2.45) is 0 Å². The van der Waals surface area contributed by atoms with Gasteiger partial charge >= 0.3 is 0 Å². The number of aliphatic hydroxyl groups excluding tert-OH is 1. The van der Waals surface area contributed by atoms with Crippen LogP contribution in [0.5, 0.6) is 0 Å². The van der Waals surface area contributed by atoms with E-state index in [1.165, 1.54) is 17.3 Å². The second-order valence-electron chi connectivity index (χ2n) is 7.10. The standard InChI is InChI=1S/C23H20N4O3/c1-26(2)17-3-5-18(6-4-17)27-20(15-7-11-24-12-8-15)19(22(29)23(27)30)21(28)16-9-13-25-14-10-16/h3-14,20,28H,1-2H3/b21-19+. The lowest BCUT2D eigenvalue weighted by Gasteiger charge is -2.26. The molecule has 30 heavy (non-hydrogen) atoms. The van der Waals surface area contributed by atoms with E-state index in [1.54, 1.807) is 48.8 Å². The van der Waals surface area contributed by atoms with Crippen LogP contribution in [0.1, 0.15) is 17.2 Å². The van der Waals surface area contributed by atoms with Gasteiger partial charge in [0.15, 0.2) is 0 Å². The van der Waals surface area contributed by atoms with Crippen molar-refractivity contribution < 1.29 is 14.7 Å². The number of Topliss-reactive ketones (excluding diaryl/α,β-unsaturated/α-hetero) is 1. The van der Waals surface area contributed by atoms with Gasteiger partial charge in [-0.1, -0.05) is 0 Å². The van der Waals surface area contributed by atoms with E-state index in [2.05, 4.69) is 9.97 Å². The highest BCUT2D eigenvalue weighted by Crippen LogP contribution is 2.42. The largest absolute Gasteiger partial charge is 0.507 e. The molecular formula is C23H20N4O3. The molecule has 1 unspecified atom stereocenters. The minimum absolute atomic E-state index is 0.0362. The maximum Gasteiger partial charge on any atom is 0.300 e. The summed E-state index contributed by atoms with van der Waals surface area (Å²) < 4.78 is 0. The molecule has 0 aliphatic carbocycles. The summed E-state index contributed by atoms with van der Waals surface area (Å²) in [5.74, 6) is -1.65. The number of hydrogen-bond acceptors (Lipinski definition) is 6. The van der Waals surface area contributed by atoms with E-state index in [-0.39, 0.29) is 11.3 Å². The Balaban J connectivity index is 1.90. The van der Waals surface area contributed by atoms with Crippen LogP contribution >= 0.6 is 0 Å². The smallest absolute Gasteiger partial charge is 0.300 e. The molecule has 3 heterocycles. The summed E-state index contributed by atoms with van der Waals surface area (Å²) in [6.07, 6.45) is 6.23. The molecule has 1 saturated heterocycles. The third-order valence-electron chi connectivity index (χ3n) is 5.06. The molecule has 1 aliphatic heterocycles. The Kier molecular flexibility index (Phi) is 5.02. The summed E-state index contributed by atoms with van der Waals surface area (Å²) in [6.45, 7) is 0. The van der Waals surface area contributed by atoms with Crippen LogP contribution in [0.3, 0.4) is 0 Å². The van der Waals surface area contributed by atoms with Gasteiger partial charge < -0.3 is 10.0 Å². The first kappa shape index (κ1) is 19.3. The number of amides is 1. The van der Waals surface area contributed by atoms with Gasteiger partial charge in [0.2, 0.25) is 0 Å². The van der Waals surface area contributed by atoms with E-state index in [0.29, 0.717) is 16.8 Å². The van der Waals surface area contributed by atoms with Gasteiger partial charge in [0.1, 0.15) is 5.76 Å². The lowest BCUT2D eigenvalue weighted by atomic mass is 9.96. The van der Waals surface area contributed by atoms with Gasteiger partial charge in [-0.25, -0.2) is 0 Å². The Labute approximate surface area is 173 Å². The van der Waals surface area contributed by atoms with Crippen molar-refractivity contribution in [2.45, 2.75) is 6.04 Å². The zero-order valence-corrected chi connectivity index (χ0v) is 16.6. The van der Waals surface area contributed by atoms with Crippen molar-refractivity contribution in [3.05, 3.63) is 90.0 Å². The number of aromatic nitrogens is 2. The fourth-order valence-corrected chi connectivity index (χ4v) is 3.54. The van der Waals surface area contributed by atoms with Crippen LogP contribution in [0.25, 0.3) is 5.76 Å². The summed E-state index contributed by atoms with van der Waals surface area (Å²) in [4.78, 5) is 37.4. The fourth-order valence-electron chi connectivity index (χ4n) is 3.54. The summed E-state index contributed by atoms with van der Waals surface area (Å²) in [6, 6.07) is 13.2. The minimum atomic E-state index is -0.772. The topological polar surface area (TPSA) is 86.6 Å². The molecule has 1 aromatic carbocycles. The van der Waals surface area contributed by atoms with E-state index >= 15 is 0 Å². The molecule has 1 aliphatic rings. The molecule has 1 fully saturated rings. The summed E-state index contributed by atoms with van der Waals surface area (Å²) in [7, 11) is 3.85. The van der Waals surface area contributed by atoms with Crippen LogP contribution < -0.4 is 9.80 Å². The van der Waals surface area contributed by atoms with Crippen LogP contribution in [0.2, 0.25) is 0 Å². The average molecular weight is 400 g/mol. The Hall–Kier alpha value is -4.00. The number of anilines is 2. The van der Waals surface area contributed by atoms with E-state index in [1.807, 2.05) is 31.1 Å². The van der Waals surface area contributed by atoms with Gasteiger partial charge in [-0.2, -0.15) is 0 Å². The van der Waals surface area contributed by atoms with Crippen LogP contribution in [0.4, 0.5) is 11.4 Å². The van der Waals surface area contributed by atoms with Gasteiger partial charge in [-0.3, -0.25) is 24.5 Å². The van der Waals surface area contributed by atoms with E-state index < -0.39 is 17.7 Å². The number of carbonyl (C=O) groups excluding carboxylic acids is 2. The SMILES string of the molecule is CN(C)c1ccc(N2C(=O)C(=O)/C(=C(/O)c3ccncc3)C2c2ccncc2)cc1. The molecule has 4 rings (SSSR count). The van der Waals surface area contributed by atoms with E-state index in [9.17, 15) is 14.7 Å². The van der Waals surface area contributed by atoms with Crippen molar-refractivity contribution in [3.63, 3.8) is 0 Å². The molecule has 1 atom stereocenters. The van der Waals surface area contributed by atoms with Gasteiger partial charge in [0.05, 0.1) is 11.6 Å². The lowest BCUT2D eigenvalue weighted by Crippen LogP contribution is -2.29. The van der Waals surface area contributed by atoms with Crippen molar-refractivity contribution in [2.75, 3.05) is 23.9 Å². The van der Waals surface area contributed by atoms with E-state index in [0.717, 1.165) is 5.69 Å². The Bertz CT molecular complexity index is 1110. The predicted octanol–water partition coefficient (Wildman–Crippen LogP) is 3.17. The number of carbonyl (C=O) groups is 2. The number of hydrogen-bond donors (Lipinski definition) is 1. The highest BCUT2D eigenvalue weighted by molar-refractivity contribution is 6.51. The number of pyridine rings is 2. The predicted molar refractivity (Wildman–Crippen MR) is 114 cm³/mol. The Morgan fingerprint density at radius 1 is 0.900 bits per heavy atom. The molecule has 2 aromatic heterocycles. The van der Waals surface area contributed by atoms with Crippen LogP contribution in [0.15, 0.2) is 78.9 Å². The minimum Gasteiger partial charge on any atom is -0.507 e. The normalized spacial score (nSPS) is 17.9. The fraction of sp³-hybridized carbons (Fsp3) is 0.130. The Morgan fingerprint density at radius 2 is 1.47 bits per heavy atom. The van der Waals surface area contributed by atoms with Gasteiger partial charge in [-0.05, 0) is 54.1 Å². The van der Waals surface area contributed by atoms with Crippen LogP contribution in [0, 0.1) is 0 Å². The van der Waals surface area contributed by atoms with Crippen molar-refractivity contribution >= 4 is 28.8 Å². The first-order valence-electron chi connectivity index (χ1n) is 9.37. The molecule has 0 radical (unpaired) electrons. The first-order valence-corrected chi connectivity index (χ1v) is 9.37. The summed E-state index contributed by atoms with van der Waals surface area (Å²) >= 11 is 0. The molecule has 7 heteroatoms. The van der Waals surface area contributed by atoms with Gasteiger partial charge in [-0.15, -0.1) is 0 Å². The third-order valence-corrected chi connectivity index (χ3v) is 5.06. The molecule has 0 saturated carbocycles. The molecular weight excluding hydrogens is 380 g/mol. The molecule has 1 N–H and O–H groups in total. The van der Waals surface area contributed by atoms with Gasteiger partial charge in [0.25, 0.3) is 11.7 Å². The van der Waals surface area contributed by atoms with Crippen molar-refractivity contribution in [1.82, 2.24) is 9.97 Å². The molecule has 3 aromatic rings. The van der Waals surface area contributed by atoms with Crippen molar-refractivity contribution in [3.8, 4) is 0 Å². The average Bonchev–Trinajstić information content (AvgIpc) is 3.05. The first-order chi connectivity index (χ1) is 14.5. The zero-order chi connectivity index (χ0) is 21.3. The van der Waals surface area contributed by atoms with Crippen LogP contribution in [-0.2, 0) is 9.59 Å². The number of nitrogens with zero attached hydrogens (tertiary/aromatic N) is 4. The third kappa shape index (κ3) is 3.30. The summed E-state index contributed by atoms with van der Waals surface area (Å²) in [5, 5.41) is 11.0. The highest BCUT2D eigenvalue weighted by Gasteiger charge is 2.46. The quantitative estimate of drug-likeness (QED) is 0.411. The highest BCUT2D eigenvalue weighted by atomic mass is 16.3. The molecule has 150 valence electrons. The second-order valence-corrected chi connectivity index (χ2v) is 7.10. The van der Waals surface area contributed by atoms with Crippen molar-refractivity contribution in [1.29, 1.82) is 0 Å². The molecule has 7 nitrogen and oxygen atoms in total. The molecule has 0 spiro atoms. The number of aliphatic hydroxyl groups is 1. The maximum atomic E-state index is 13.0. The lowest BCUT2D eigenvalue weighted by molar-refractivity contribution is -0.132. The monoisotopic (exact) mass is 400 g/mol. The van der Waals surface area contributed by atoms with Gasteiger partial charge in [0, 0.05) is 55.8 Å². The maximum absolute atomic E-state index is 13.0.